The second-order valence-corrected chi connectivity index (χ2v) is 3.46. The number of benzene rings is 1. The lowest BCUT2D eigenvalue weighted by atomic mass is 10.1. The molecule has 0 heterocycles. The Hall–Kier alpha value is -0.700. The Kier molecular flexibility index (Phi) is 2.62. The van der Waals surface area contributed by atoms with E-state index in [1.807, 2.05) is 0 Å². The molecule has 0 radical (unpaired) electrons. The van der Waals surface area contributed by atoms with Gasteiger partial charge < -0.3 is 0 Å². The number of carbonyl (C=O) groups excluding carboxylic acids is 1. The lowest BCUT2D eigenvalue weighted by Gasteiger charge is -2.02. The molecule has 1 rings (SSSR count). The summed E-state index contributed by atoms with van der Waals surface area (Å²) >= 11 is 3.02. The van der Waals surface area contributed by atoms with E-state index in [1.54, 1.807) is 13.0 Å². The Labute approximate surface area is 78.7 Å². The first-order valence-corrected chi connectivity index (χ1v) is 4.28. The maximum atomic E-state index is 13.0. The van der Waals surface area contributed by atoms with Crippen LogP contribution in [-0.2, 0) is 0 Å². The minimum Gasteiger partial charge on any atom is -0.294 e. The Bertz CT molecular complexity index is 334. The summed E-state index contributed by atoms with van der Waals surface area (Å²) in [5.74, 6) is -0.523. The van der Waals surface area contributed by atoms with Crippen LogP contribution in [0.15, 0.2) is 16.6 Å². The molecule has 0 bridgehead atoms. The van der Waals surface area contributed by atoms with Crippen LogP contribution in [0.1, 0.15) is 22.8 Å². The molecule has 64 valence electrons. The average molecular weight is 231 g/mol. The van der Waals surface area contributed by atoms with Crippen LogP contribution in [0.2, 0.25) is 0 Å². The number of hydrogen-bond donors (Lipinski definition) is 0. The topological polar surface area (TPSA) is 17.1 Å². The fraction of sp³-hybridized carbons (Fsp3) is 0.222. The Balaban J connectivity index is 3.37. The molecule has 1 nitrogen and oxygen atoms in total. The van der Waals surface area contributed by atoms with Crippen LogP contribution in [0, 0.1) is 12.7 Å². The van der Waals surface area contributed by atoms with Crippen molar-refractivity contribution < 1.29 is 9.18 Å². The number of halogens is 2. The number of rotatable bonds is 1. The molecule has 1 aromatic rings. The number of carbonyl (C=O) groups is 1. The van der Waals surface area contributed by atoms with Crippen molar-refractivity contribution in [3.63, 3.8) is 0 Å². The molecule has 0 N–H and O–H groups in total. The molecule has 0 saturated carbocycles. The molecule has 0 fully saturated rings. The van der Waals surface area contributed by atoms with Gasteiger partial charge in [0.1, 0.15) is 5.82 Å². The van der Waals surface area contributed by atoms with Gasteiger partial charge in [-0.25, -0.2) is 4.39 Å². The van der Waals surface area contributed by atoms with E-state index in [4.69, 9.17) is 0 Å². The van der Waals surface area contributed by atoms with Gasteiger partial charge in [-0.3, -0.25) is 4.79 Å². The molecule has 0 aliphatic carbocycles. The quantitative estimate of drug-likeness (QED) is 0.678. The lowest BCUT2D eigenvalue weighted by molar-refractivity contribution is 0.101. The van der Waals surface area contributed by atoms with Crippen molar-refractivity contribution in [2.24, 2.45) is 0 Å². The standard InChI is InChI=1S/C9H8BrFO/c1-5-3-7(6(2)12)9(10)8(11)4-5/h3-4H,1-2H3. The second kappa shape index (κ2) is 3.35. The van der Waals surface area contributed by atoms with E-state index >= 15 is 0 Å². The van der Waals surface area contributed by atoms with E-state index in [0.29, 0.717) is 5.56 Å². The largest absolute Gasteiger partial charge is 0.294 e. The number of hydrogen-bond acceptors (Lipinski definition) is 1. The monoisotopic (exact) mass is 230 g/mol. The Morgan fingerprint density at radius 2 is 2.08 bits per heavy atom. The van der Waals surface area contributed by atoms with Gasteiger partial charge in [0.05, 0.1) is 4.47 Å². The fourth-order valence-corrected chi connectivity index (χ4v) is 1.49. The molecule has 0 aromatic heterocycles. The van der Waals surface area contributed by atoms with Crippen molar-refractivity contribution in [2.75, 3.05) is 0 Å². The molecule has 0 aliphatic heterocycles. The smallest absolute Gasteiger partial charge is 0.161 e. The molecule has 0 unspecified atom stereocenters. The van der Waals surface area contributed by atoms with E-state index in [0.717, 1.165) is 5.56 Å². The van der Waals surface area contributed by atoms with E-state index in [1.165, 1.54) is 13.0 Å². The summed E-state index contributed by atoms with van der Waals surface area (Å²) in [7, 11) is 0. The van der Waals surface area contributed by atoms with Gasteiger partial charge in [-0.05, 0) is 47.5 Å². The van der Waals surface area contributed by atoms with Gasteiger partial charge in [0.2, 0.25) is 0 Å². The van der Waals surface area contributed by atoms with Crippen molar-refractivity contribution in [2.45, 2.75) is 13.8 Å². The highest BCUT2D eigenvalue weighted by Gasteiger charge is 2.09. The van der Waals surface area contributed by atoms with Gasteiger partial charge in [-0.1, -0.05) is 0 Å². The normalized spacial score (nSPS) is 10.0. The summed E-state index contributed by atoms with van der Waals surface area (Å²) in [6.45, 7) is 3.17. The highest BCUT2D eigenvalue weighted by molar-refractivity contribution is 9.10. The first kappa shape index (κ1) is 9.39. The predicted octanol–water partition coefficient (Wildman–Crippen LogP) is 3.10. The molecule has 12 heavy (non-hydrogen) atoms. The molecule has 0 atom stereocenters. The Morgan fingerprint density at radius 1 is 1.50 bits per heavy atom. The van der Waals surface area contributed by atoms with Crippen LogP contribution in [0.5, 0.6) is 0 Å². The summed E-state index contributed by atoms with van der Waals surface area (Å²) in [5, 5.41) is 0. The minimum atomic E-state index is -0.389. The van der Waals surface area contributed by atoms with E-state index in [-0.39, 0.29) is 16.1 Å². The predicted molar refractivity (Wildman–Crippen MR) is 48.8 cm³/mol. The third kappa shape index (κ3) is 1.72. The molecule has 0 aliphatic rings. The molecular formula is C9H8BrFO. The van der Waals surface area contributed by atoms with Crippen LogP contribution >= 0.6 is 15.9 Å². The van der Waals surface area contributed by atoms with Gasteiger partial charge in [0.15, 0.2) is 5.78 Å². The van der Waals surface area contributed by atoms with Crippen molar-refractivity contribution in [1.82, 2.24) is 0 Å². The summed E-state index contributed by atoms with van der Waals surface area (Å²) in [6.07, 6.45) is 0. The van der Waals surface area contributed by atoms with Crippen molar-refractivity contribution in [3.05, 3.63) is 33.5 Å². The van der Waals surface area contributed by atoms with Crippen molar-refractivity contribution in [3.8, 4) is 0 Å². The molecule has 0 amide bonds. The third-order valence-corrected chi connectivity index (χ3v) is 2.36. The van der Waals surface area contributed by atoms with E-state index in [9.17, 15) is 9.18 Å². The highest BCUT2D eigenvalue weighted by atomic mass is 79.9. The van der Waals surface area contributed by atoms with Gasteiger partial charge in [-0.2, -0.15) is 0 Å². The second-order valence-electron chi connectivity index (χ2n) is 2.66. The van der Waals surface area contributed by atoms with E-state index < -0.39 is 0 Å². The highest BCUT2D eigenvalue weighted by Crippen LogP contribution is 2.22. The first-order chi connectivity index (χ1) is 5.52. The molecule has 0 spiro atoms. The molecular weight excluding hydrogens is 223 g/mol. The zero-order valence-corrected chi connectivity index (χ0v) is 8.40. The lowest BCUT2D eigenvalue weighted by Crippen LogP contribution is -1.96. The summed E-state index contributed by atoms with van der Waals surface area (Å²) in [5.41, 5.74) is 1.15. The van der Waals surface area contributed by atoms with Gasteiger partial charge in [0, 0.05) is 5.56 Å². The van der Waals surface area contributed by atoms with E-state index in [2.05, 4.69) is 15.9 Å². The van der Waals surface area contributed by atoms with Crippen LogP contribution in [0.3, 0.4) is 0 Å². The van der Waals surface area contributed by atoms with Crippen molar-refractivity contribution >= 4 is 21.7 Å². The summed E-state index contributed by atoms with van der Waals surface area (Å²) in [6, 6.07) is 3.05. The van der Waals surface area contributed by atoms with Crippen LogP contribution in [0.4, 0.5) is 4.39 Å². The zero-order valence-electron chi connectivity index (χ0n) is 6.82. The molecule has 1 aromatic carbocycles. The van der Waals surface area contributed by atoms with Crippen LogP contribution < -0.4 is 0 Å². The van der Waals surface area contributed by atoms with Gasteiger partial charge >= 0.3 is 0 Å². The zero-order chi connectivity index (χ0) is 9.30. The molecule has 3 heteroatoms. The third-order valence-electron chi connectivity index (χ3n) is 1.55. The van der Waals surface area contributed by atoms with Crippen LogP contribution in [0.25, 0.3) is 0 Å². The number of ketones is 1. The first-order valence-electron chi connectivity index (χ1n) is 3.49. The maximum Gasteiger partial charge on any atom is 0.161 e. The minimum absolute atomic E-state index is 0.135. The Morgan fingerprint density at radius 3 is 2.58 bits per heavy atom. The van der Waals surface area contributed by atoms with Gasteiger partial charge in [0.25, 0.3) is 0 Å². The van der Waals surface area contributed by atoms with Crippen LogP contribution in [-0.4, -0.2) is 5.78 Å². The summed E-state index contributed by atoms with van der Waals surface area (Å²) < 4.78 is 13.3. The fourth-order valence-electron chi connectivity index (χ4n) is 0.981. The SMILES string of the molecule is CC(=O)c1cc(C)cc(F)c1Br. The van der Waals surface area contributed by atoms with Crippen molar-refractivity contribution in [1.29, 1.82) is 0 Å². The average Bonchev–Trinajstić information content (AvgIpc) is 1.96. The maximum absolute atomic E-state index is 13.0. The van der Waals surface area contributed by atoms with Gasteiger partial charge in [-0.15, -0.1) is 0 Å². The number of Topliss-reactive ketones (excluding diaryl/α,β-unsaturated/α-hetero) is 1. The summed E-state index contributed by atoms with van der Waals surface area (Å²) in [4.78, 5) is 11.0. The molecule has 0 saturated heterocycles. The number of aryl methyl sites for hydroxylation is 1.